The third-order valence-electron chi connectivity index (χ3n) is 2.82. The molecule has 9 heteroatoms. The Kier molecular flexibility index (Phi) is 5.92. The fourth-order valence-electron chi connectivity index (χ4n) is 1.94. The predicted molar refractivity (Wildman–Crippen MR) is 94.4 cm³/mol. The van der Waals surface area contributed by atoms with Gasteiger partial charge in [-0.15, -0.1) is 5.10 Å². The van der Waals surface area contributed by atoms with Crippen molar-refractivity contribution < 1.29 is 14.7 Å². The number of thioether (sulfide) groups is 1. The Morgan fingerprint density at radius 3 is 2.80 bits per heavy atom. The summed E-state index contributed by atoms with van der Waals surface area (Å²) in [6.45, 7) is 5.74. The van der Waals surface area contributed by atoms with E-state index in [1.807, 2.05) is 20.8 Å². The summed E-state index contributed by atoms with van der Waals surface area (Å²) in [6, 6.07) is 7.11. The Labute approximate surface area is 149 Å². The second-order valence-corrected chi connectivity index (χ2v) is 7.17. The Hall–Kier alpha value is -2.68. The van der Waals surface area contributed by atoms with Crippen LogP contribution in [0.1, 0.15) is 26.3 Å². The molecule has 0 aliphatic carbocycles. The van der Waals surface area contributed by atoms with Crippen molar-refractivity contribution in [2.75, 3.05) is 5.75 Å². The van der Waals surface area contributed by atoms with Crippen LogP contribution in [0.2, 0.25) is 0 Å². The minimum absolute atomic E-state index is 0.106. The van der Waals surface area contributed by atoms with Crippen LogP contribution in [0.4, 0.5) is 0 Å². The molecule has 0 radical (unpaired) electrons. The first kappa shape index (κ1) is 18.7. The first-order chi connectivity index (χ1) is 11.7. The van der Waals surface area contributed by atoms with Crippen molar-refractivity contribution in [3.05, 3.63) is 35.9 Å². The van der Waals surface area contributed by atoms with Crippen LogP contribution >= 0.6 is 11.8 Å². The molecule has 2 aromatic rings. The fourth-order valence-corrected chi connectivity index (χ4v) is 2.63. The molecule has 2 rings (SSSR count). The fraction of sp³-hybridized carbons (Fsp3) is 0.312. The molecule has 1 heterocycles. The largest absolute Gasteiger partial charge is 0.478 e. The highest BCUT2D eigenvalue weighted by Gasteiger charge is 2.16. The van der Waals surface area contributed by atoms with Crippen molar-refractivity contribution in [2.45, 2.75) is 31.5 Å². The monoisotopic (exact) mass is 361 g/mol. The van der Waals surface area contributed by atoms with Gasteiger partial charge < -0.3 is 10.4 Å². The summed E-state index contributed by atoms with van der Waals surface area (Å²) in [4.78, 5) is 22.6. The summed E-state index contributed by atoms with van der Waals surface area (Å²) in [5, 5.41) is 23.6. The topological polar surface area (TPSA) is 110 Å². The molecule has 1 aromatic heterocycles. The predicted octanol–water partition coefficient (Wildman–Crippen LogP) is 1.77. The van der Waals surface area contributed by atoms with Crippen molar-refractivity contribution in [1.29, 1.82) is 0 Å². The highest BCUT2D eigenvalue weighted by molar-refractivity contribution is 7.99. The molecule has 0 atom stereocenters. The van der Waals surface area contributed by atoms with Crippen LogP contribution in [0.5, 0.6) is 0 Å². The number of aromatic nitrogens is 4. The molecule has 0 aliphatic heterocycles. The van der Waals surface area contributed by atoms with E-state index in [0.29, 0.717) is 16.4 Å². The van der Waals surface area contributed by atoms with E-state index in [0.717, 1.165) is 6.08 Å². The number of rotatable bonds is 6. The molecule has 0 fully saturated rings. The van der Waals surface area contributed by atoms with E-state index in [-0.39, 0.29) is 17.2 Å². The van der Waals surface area contributed by atoms with E-state index in [4.69, 9.17) is 5.11 Å². The van der Waals surface area contributed by atoms with Crippen molar-refractivity contribution in [3.63, 3.8) is 0 Å². The molecule has 0 unspecified atom stereocenters. The van der Waals surface area contributed by atoms with Gasteiger partial charge in [-0.2, -0.15) is 4.68 Å². The smallest absolute Gasteiger partial charge is 0.328 e. The summed E-state index contributed by atoms with van der Waals surface area (Å²) in [7, 11) is 0. The number of tetrazole rings is 1. The van der Waals surface area contributed by atoms with E-state index >= 15 is 0 Å². The number of hydrogen-bond donors (Lipinski definition) is 2. The zero-order valence-electron chi connectivity index (χ0n) is 14.1. The average Bonchev–Trinajstić information content (AvgIpc) is 2.98. The van der Waals surface area contributed by atoms with Crippen LogP contribution < -0.4 is 5.32 Å². The van der Waals surface area contributed by atoms with Gasteiger partial charge in [-0.1, -0.05) is 23.9 Å². The van der Waals surface area contributed by atoms with Gasteiger partial charge in [0.25, 0.3) is 0 Å². The van der Waals surface area contributed by atoms with Gasteiger partial charge in [-0.05, 0) is 55.0 Å². The van der Waals surface area contributed by atoms with Crippen molar-refractivity contribution in [1.82, 2.24) is 25.5 Å². The number of benzene rings is 1. The van der Waals surface area contributed by atoms with E-state index in [9.17, 15) is 9.59 Å². The molecule has 0 aliphatic rings. The highest BCUT2D eigenvalue weighted by Crippen LogP contribution is 2.19. The lowest BCUT2D eigenvalue weighted by Crippen LogP contribution is -2.41. The molecule has 0 saturated carbocycles. The number of carbonyl (C=O) groups excluding carboxylic acids is 1. The number of hydrogen-bond acceptors (Lipinski definition) is 6. The molecule has 2 N–H and O–H groups in total. The number of amides is 1. The van der Waals surface area contributed by atoms with Crippen LogP contribution in [0, 0.1) is 0 Å². The van der Waals surface area contributed by atoms with Crippen molar-refractivity contribution in [2.24, 2.45) is 0 Å². The van der Waals surface area contributed by atoms with E-state index < -0.39 is 5.97 Å². The Balaban J connectivity index is 2.12. The average molecular weight is 361 g/mol. The van der Waals surface area contributed by atoms with Gasteiger partial charge in [0, 0.05) is 11.6 Å². The zero-order chi connectivity index (χ0) is 18.4. The van der Waals surface area contributed by atoms with Crippen LogP contribution in [-0.4, -0.2) is 48.5 Å². The lowest BCUT2D eigenvalue weighted by molar-refractivity contribution is -0.131. The minimum atomic E-state index is -1.02. The van der Waals surface area contributed by atoms with E-state index in [2.05, 4.69) is 20.8 Å². The first-order valence-corrected chi connectivity index (χ1v) is 8.47. The molecule has 0 saturated heterocycles. The van der Waals surface area contributed by atoms with Gasteiger partial charge in [0.2, 0.25) is 11.1 Å². The zero-order valence-corrected chi connectivity index (χ0v) is 14.9. The number of carbonyl (C=O) groups is 2. The first-order valence-electron chi connectivity index (χ1n) is 7.48. The Bertz CT molecular complexity index is 795. The number of nitrogens with zero attached hydrogens (tertiary/aromatic N) is 4. The van der Waals surface area contributed by atoms with E-state index in [1.54, 1.807) is 24.3 Å². The molecule has 0 bridgehead atoms. The lowest BCUT2D eigenvalue weighted by Gasteiger charge is -2.20. The third-order valence-corrected chi connectivity index (χ3v) is 3.74. The summed E-state index contributed by atoms with van der Waals surface area (Å²) in [6.07, 6.45) is 2.55. The second-order valence-electron chi connectivity index (χ2n) is 6.23. The van der Waals surface area contributed by atoms with Gasteiger partial charge in [0.05, 0.1) is 11.4 Å². The standard InChI is InChI=1S/C16H19N5O3S/c1-16(2,3)17-13(22)10-25-15-18-19-20-21(15)12-6-4-5-11(9-12)7-8-14(23)24/h4-9H,10H2,1-3H3,(H,17,22)(H,23,24)/b8-7+. The van der Waals surface area contributed by atoms with Gasteiger partial charge in [0.15, 0.2) is 0 Å². The van der Waals surface area contributed by atoms with Crippen molar-refractivity contribution in [3.8, 4) is 5.69 Å². The maximum atomic E-state index is 11.9. The van der Waals surface area contributed by atoms with Crippen LogP contribution in [0.25, 0.3) is 11.8 Å². The van der Waals surface area contributed by atoms with Crippen LogP contribution in [0.15, 0.2) is 35.5 Å². The SMILES string of the molecule is CC(C)(C)NC(=O)CSc1nnnn1-c1cccc(/C=C/C(=O)O)c1. The molecular formula is C16H19N5O3S. The lowest BCUT2D eigenvalue weighted by atomic mass is 10.1. The van der Waals surface area contributed by atoms with Crippen LogP contribution in [-0.2, 0) is 9.59 Å². The maximum absolute atomic E-state index is 11.9. The maximum Gasteiger partial charge on any atom is 0.328 e. The number of aliphatic carboxylic acids is 1. The van der Waals surface area contributed by atoms with E-state index in [1.165, 1.54) is 22.5 Å². The van der Waals surface area contributed by atoms with Gasteiger partial charge in [0.1, 0.15) is 0 Å². The highest BCUT2D eigenvalue weighted by atomic mass is 32.2. The molecule has 1 amide bonds. The third kappa shape index (κ3) is 6.03. The Morgan fingerprint density at radius 2 is 2.12 bits per heavy atom. The second kappa shape index (κ2) is 7.93. The van der Waals surface area contributed by atoms with Crippen LogP contribution in [0.3, 0.4) is 0 Å². The molecular weight excluding hydrogens is 342 g/mol. The molecule has 0 spiro atoms. The molecule has 1 aromatic carbocycles. The summed E-state index contributed by atoms with van der Waals surface area (Å²) in [5.74, 6) is -0.935. The van der Waals surface area contributed by atoms with Gasteiger partial charge >= 0.3 is 5.97 Å². The normalized spacial score (nSPS) is 11.6. The summed E-state index contributed by atoms with van der Waals surface area (Å²) >= 11 is 1.22. The number of nitrogens with one attached hydrogen (secondary N) is 1. The summed E-state index contributed by atoms with van der Waals surface area (Å²) < 4.78 is 1.51. The molecule has 132 valence electrons. The number of carboxylic acids is 1. The Morgan fingerprint density at radius 1 is 1.36 bits per heavy atom. The van der Waals surface area contributed by atoms with Gasteiger partial charge in [-0.25, -0.2) is 4.79 Å². The summed E-state index contributed by atoms with van der Waals surface area (Å²) in [5.41, 5.74) is 1.09. The minimum Gasteiger partial charge on any atom is -0.478 e. The number of carboxylic acid groups (broad SMARTS) is 1. The quantitative estimate of drug-likeness (QED) is 0.596. The molecule has 25 heavy (non-hydrogen) atoms. The molecule has 8 nitrogen and oxygen atoms in total. The van der Waals surface area contributed by atoms with Crippen molar-refractivity contribution >= 4 is 29.7 Å². The van der Waals surface area contributed by atoms with Gasteiger partial charge in [-0.3, -0.25) is 4.79 Å².